The minimum Gasteiger partial charge on any atom is -0.310 e. The topological polar surface area (TPSA) is 20.5 Å². The number of benzene rings is 8. The summed E-state index contributed by atoms with van der Waals surface area (Å²) in [5.74, 6) is 0. The van der Waals surface area contributed by atoms with E-state index < -0.39 is 0 Å². The molecule has 59 heavy (non-hydrogen) atoms. The average molecular weight is 756 g/mol. The third kappa shape index (κ3) is 5.69. The summed E-state index contributed by atoms with van der Waals surface area (Å²) >= 11 is 0. The standard InChI is InChI=1S/C56H41N3/c1-56(2)49-29-17-15-28-46(49)47-34-33-44(37-50(47)56)58(51-30-18-16-27-45(51)38-19-7-3-8-20-38)43-32-31-42-35-52(39-21-9-4-10-22-39)59-55(48(42)36-43)53(40-23-11-5-12-24-40)54(57-59)41-25-13-6-14-26-41/h3-37H,1-2H3. The number of hydrogen-bond acceptors (Lipinski definition) is 2. The average Bonchev–Trinajstić information content (AvgIpc) is 3.81. The Bertz CT molecular complexity index is 3170. The second-order valence-corrected chi connectivity index (χ2v) is 16.0. The van der Waals surface area contributed by atoms with Gasteiger partial charge in [-0.25, -0.2) is 4.52 Å². The van der Waals surface area contributed by atoms with Crippen LogP contribution in [0.15, 0.2) is 212 Å². The summed E-state index contributed by atoms with van der Waals surface area (Å²) in [5.41, 5.74) is 18.4. The van der Waals surface area contributed by atoms with Crippen molar-refractivity contribution in [2.75, 3.05) is 4.90 Å². The Balaban J connectivity index is 1.22. The number of aromatic nitrogens is 2. The van der Waals surface area contributed by atoms with Crippen LogP contribution >= 0.6 is 0 Å². The van der Waals surface area contributed by atoms with Crippen molar-refractivity contribution in [2.24, 2.45) is 0 Å². The molecule has 0 atom stereocenters. The van der Waals surface area contributed by atoms with E-state index in [9.17, 15) is 0 Å². The summed E-state index contributed by atoms with van der Waals surface area (Å²) in [6.07, 6.45) is 0. The third-order valence-electron chi connectivity index (χ3n) is 12.2. The van der Waals surface area contributed by atoms with Gasteiger partial charge in [0.1, 0.15) is 5.69 Å². The lowest BCUT2D eigenvalue weighted by molar-refractivity contribution is 0.660. The van der Waals surface area contributed by atoms with Crippen LogP contribution in [0.25, 0.3) is 72.2 Å². The smallest absolute Gasteiger partial charge is 0.101 e. The van der Waals surface area contributed by atoms with Crippen molar-refractivity contribution in [2.45, 2.75) is 19.3 Å². The first kappa shape index (κ1) is 34.7. The zero-order chi connectivity index (χ0) is 39.5. The van der Waals surface area contributed by atoms with Crippen LogP contribution in [0.3, 0.4) is 0 Å². The fraction of sp³-hybridized carbons (Fsp3) is 0.0536. The van der Waals surface area contributed by atoms with E-state index >= 15 is 0 Å². The van der Waals surface area contributed by atoms with Gasteiger partial charge in [0.05, 0.1) is 16.9 Å². The van der Waals surface area contributed by atoms with Crippen LogP contribution in [0.1, 0.15) is 25.0 Å². The number of anilines is 3. The molecule has 280 valence electrons. The van der Waals surface area contributed by atoms with Gasteiger partial charge in [0.2, 0.25) is 0 Å². The Morgan fingerprint density at radius 2 is 0.983 bits per heavy atom. The molecule has 11 rings (SSSR count). The monoisotopic (exact) mass is 755 g/mol. The minimum absolute atomic E-state index is 0.147. The fourth-order valence-corrected chi connectivity index (χ4v) is 9.34. The highest BCUT2D eigenvalue weighted by Gasteiger charge is 2.36. The SMILES string of the molecule is CC1(C)c2ccccc2-c2ccc(N(c3ccc4cc(-c5ccccc5)n5nc(-c6ccccc6)c(-c6ccccc6)c5c4c3)c3ccccc3-c3ccccc3)cc21. The molecule has 3 heteroatoms. The molecular weight excluding hydrogens is 715 g/mol. The van der Waals surface area contributed by atoms with Crippen molar-refractivity contribution in [1.82, 2.24) is 9.61 Å². The first-order valence-electron chi connectivity index (χ1n) is 20.4. The van der Waals surface area contributed by atoms with Crippen LogP contribution < -0.4 is 4.90 Å². The second-order valence-electron chi connectivity index (χ2n) is 16.0. The van der Waals surface area contributed by atoms with E-state index in [1.807, 2.05) is 0 Å². The minimum atomic E-state index is -0.147. The Labute approximate surface area is 345 Å². The molecule has 0 amide bonds. The maximum Gasteiger partial charge on any atom is 0.101 e. The molecule has 1 aliphatic carbocycles. The quantitative estimate of drug-likeness (QED) is 0.161. The van der Waals surface area contributed by atoms with E-state index in [0.29, 0.717) is 0 Å². The molecule has 1 aliphatic rings. The van der Waals surface area contributed by atoms with E-state index in [0.717, 1.165) is 67.0 Å². The zero-order valence-corrected chi connectivity index (χ0v) is 33.0. The molecule has 0 N–H and O–H groups in total. The van der Waals surface area contributed by atoms with Crippen LogP contribution in [0, 0.1) is 0 Å². The van der Waals surface area contributed by atoms with Gasteiger partial charge < -0.3 is 4.90 Å². The lowest BCUT2D eigenvalue weighted by Crippen LogP contribution is -2.17. The molecule has 0 bridgehead atoms. The van der Waals surface area contributed by atoms with E-state index in [2.05, 4.69) is 236 Å². The third-order valence-corrected chi connectivity index (χ3v) is 12.2. The Kier molecular flexibility index (Phi) is 8.16. The number of para-hydroxylation sites is 1. The Morgan fingerprint density at radius 3 is 1.69 bits per heavy atom. The second kappa shape index (κ2) is 13.9. The summed E-state index contributed by atoms with van der Waals surface area (Å²) in [6.45, 7) is 4.71. The predicted octanol–water partition coefficient (Wildman–Crippen LogP) is 14.9. The van der Waals surface area contributed by atoms with E-state index in [4.69, 9.17) is 5.10 Å². The van der Waals surface area contributed by atoms with Crippen LogP contribution in [0.2, 0.25) is 0 Å². The van der Waals surface area contributed by atoms with Crippen molar-refractivity contribution in [3.63, 3.8) is 0 Å². The lowest BCUT2D eigenvalue weighted by Gasteiger charge is -2.30. The van der Waals surface area contributed by atoms with Gasteiger partial charge in [0.25, 0.3) is 0 Å². The van der Waals surface area contributed by atoms with E-state index in [-0.39, 0.29) is 5.41 Å². The normalized spacial score (nSPS) is 12.7. The Morgan fingerprint density at radius 1 is 0.441 bits per heavy atom. The van der Waals surface area contributed by atoms with Gasteiger partial charge in [-0.3, -0.25) is 0 Å². The van der Waals surface area contributed by atoms with Gasteiger partial charge in [-0.15, -0.1) is 0 Å². The van der Waals surface area contributed by atoms with Crippen LogP contribution in [0.4, 0.5) is 17.1 Å². The zero-order valence-electron chi connectivity index (χ0n) is 33.0. The van der Waals surface area contributed by atoms with E-state index in [1.54, 1.807) is 0 Å². The van der Waals surface area contributed by atoms with Crippen molar-refractivity contribution in [3.05, 3.63) is 223 Å². The molecule has 0 saturated carbocycles. The highest BCUT2D eigenvalue weighted by atomic mass is 15.2. The van der Waals surface area contributed by atoms with Gasteiger partial charge in [0.15, 0.2) is 0 Å². The number of hydrogen-bond donors (Lipinski definition) is 0. The van der Waals surface area contributed by atoms with Crippen LogP contribution in [-0.4, -0.2) is 9.61 Å². The molecule has 2 aromatic heterocycles. The maximum absolute atomic E-state index is 5.51. The number of nitrogens with zero attached hydrogens (tertiary/aromatic N) is 3. The molecule has 0 radical (unpaired) electrons. The van der Waals surface area contributed by atoms with Crippen LogP contribution in [-0.2, 0) is 5.41 Å². The molecule has 8 aromatic carbocycles. The fourth-order valence-electron chi connectivity index (χ4n) is 9.34. The van der Waals surface area contributed by atoms with Crippen molar-refractivity contribution in [1.29, 1.82) is 0 Å². The number of rotatable bonds is 7. The highest BCUT2D eigenvalue weighted by molar-refractivity contribution is 6.10. The van der Waals surface area contributed by atoms with E-state index in [1.165, 1.54) is 33.4 Å². The molecular formula is C56H41N3. The van der Waals surface area contributed by atoms with Gasteiger partial charge in [0, 0.05) is 44.4 Å². The molecule has 0 saturated heterocycles. The molecule has 2 heterocycles. The van der Waals surface area contributed by atoms with Gasteiger partial charge in [-0.05, 0) is 75.2 Å². The summed E-state index contributed by atoms with van der Waals surface area (Å²) < 4.78 is 2.18. The largest absolute Gasteiger partial charge is 0.310 e. The van der Waals surface area contributed by atoms with Crippen molar-refractivity contribution in [3.8, 4) is 55.9 Å². The van der Waals surface area contributed by atoms with Gasteiger partial charge in [-0.2, -0.15) is 5.10 Å². The van der Waals surface area contributed by atoms with Crippen molar-refractivity contribution < 1.29 is 0 Å². The lowest BCUT2D eigenvalue weighted by atomic mass is 9.82. The van der Waals surface area contributed by atoms with Crippen molar-refractivity contribution >= 4 is 33.4 Å². The first-order valence-corrected chi connectivity index (χ1v) is 20.4. The summed E-state index contributed by atoms with van der Waals surface area (Å²) in [7, 11) is 0. The molecule has 0 unspecified atom stereocenters. The Hall–Kier alpha value is -7.49. The van der Waals surface area contributed by atoms with Gasteiger partial charge >= 0.3 is 0 Å². The molecule has 3 nitrogen and oxygen atoms in total. The van der Waals surface area contributed by atoms with Crippen LogP contribution in [0.5, 0.6) is 0 Å². The number of pyridine rings is 1. The molecule has 0 aliphatic heterocycles. The maximum atomic E-state index is 5.51. The first-order chi connectivity index (χ1) is 29.0. The number of fused-ring (bicyclic) bond motifs is 6. The highest BCUT2D eigenvalue weighted by Crippen LogP contribution is 2.52. The van der Waals surface area contributed by atoms with Gasteiger partial charge in [-0.1, -0.05) is 190 Å². The molecule has 10 aromatic rings. The predicted molar refractivity (Wildman–Crippen MR) is 247 cm³/mol. The summed E-state index contributed by atoms with van der Waals surface area (Å²) in [4.78, 5) is 2.46. The molecule has 0 fully saturated rings. The molecule has 0 spiro atoms. The summed E-state index contributed by atoms with van der Waals surface area (Å²) in [6, 6.07) is 76.7. The summed E-state index contributed by atoms with van der Waals surface area (Å²) in [5, 5.41) is 7.79.